The molecule has 0 aliphatic rings. The highest BCUT2D eigenvalue weighted by Crippen LogP contribution is 2.19. The summed E-state index contributed by atoms with van der Waals surface area (Å²) in [6.07, 6.45) is -0.331. The minimum absolute atomic E-state index is 0.138. The third-order valence-electron chi connectivity index (χ3n) is 2.26. The van der Waals surface area contributed by atoms with Crippen LogP contribution in [0.1, 0.15) is 5.56 Å². The van der Waals surface area contributed by atoms with Crippen LogP contribution < -0.4 is 4.72 Å². The van der Waals surface area contributed by atoms with Crippen LogP contribution in [0.2, 0.25) is 0 Å². The molecule has 0 aromatic carbocycles. The van der Waals surface area contributed by atoms with Crippen molar-refractivity contribution in [3.05, 3.63) is 17.0 Å². The lowest BCUT2D eigenvalue weighted by Crippen LogP contribution is -2.35. The van der Waals surface area contributed by atoms with Gasteiger partial charge in [0.1, 0.15) is 4.21 Å². The van der Waals surface area contributed by atoms with Gasteiger partial charge in [-0.3, -0.25) is 0 Å². The Labute approximate surface area is 111 Å². The topological polar surface area (TPSA) is 84.9 Å². The maximum absolute atomic E-state index is 11.9. The molecule has 0 amide bonds. The second-order valence-electron chi connectivity index (χ2n) is 3.60. The number of sulfonamides is 1. The van der Waals surface area contributed by atoms with Crippen molar-refractivity contribution in [2.45, 2.75) is 16.9 Å². The van der Waals surface area contributed by atoms with Crippen LogP contribution in [-0.2, 0) is 26.1 Å². The van der Waals surface area contributed by atoms with Gasteiger partial charge in [-0.15, -0.1) is 11.3 Å². The quantitative estimate of drug-likeness (QED) is 0.714. The molecule has 0 saturated carbocycles. The van der Waals surface area contributed by atoms with E-state index >= 15 is 0 Å². The Bertz CT molecular complexity index is 457. The molecule has 1 rings (SSSR count). The van der Waals surface area contributed by atoms with E-state index in [0.29, 0.717) is 12.2 Å². The van der Waals surface area contributed by atoms with Crippen LogP contribution in [0.3, 0.4) is 0 Å². The summed E-state index contributed by atoms with van der Waals surface area (Å²) in [6, 6.07) is 1.45. The van der Waals surface area contributed by atoms with Gasteiger partial charge in [0, 0.05) is 20.8 Å². The van der Waals surface area contributed by atoms with Crippen molar-refractivity contribution in [3.8, 4) is 0 Å². The smallest absolute Gasteiger partial charge is 0.250 e. The number of rotatable bonds is 8. The summed E-state index contributed by atoms with van der Waals surface area (Å²) in [6.45, 7) is 0.279. The fraction of sp³-hybridized carbons (Fsp3) is 0.600. The van der Waals surface area contributed by atoms with Crippen LogP contribution in [0.25, 0.3) is 0 Å². The summed E-state index contributed by atoms with van der Waals surface area (Å²) >= 11 is 1.07. The Hall–Kier alpha value is -0.510. The summed E-state index contributed by atoms with van der Waals surface area (Å²) in [7, 11) is -0.537. The van der Waals surface area contributed by atoms with E-state index in [9.17, 15) is 8.42 Å². The number of aliphatic hydroxyl groups excluding tert-OH is 1. The number of aliphatic hydroxyl groups is 1. The average molecular weight is 295 g/mol. The Morgan fingerprint density at radius 2 is 2.22 bits per heavy atom. The molecular formula is C10H17NO5S2. The lowest BCUT2D eigenvalue weighted by atomic mass is 10.4. The number of hydrogen-bond donors (Lipinski definition) is 2. The van der Waals surface area contributed by atoms with Crippen molar-refractivity contribution < 1.29 is 23.0 Å². The van der Waals surface area contributed by atoms with Gasteiger partial charge in [0.05, 0.1) is 19.3 Å². The third kappa shape index (κ3) is 4.30. The molecule has 1 aromatic rings. The lowest BCUT2D eigenvalue weighted by Gasteiger charge is -2.14. The Morgan fingerprint density at radius 1 is 1.50 bits per heavy atom. The van der Waals surface area contributed by atoms with Crippen LogP contribution in [0.5, 0.6) is 0 Å². The van der Waals surface area contributed by atoms with Crippen molar-refractivity contribution in [2.75, 3.05) is 27.4 Å². The van der Waals surface area contributed by atoms with E-state index in [0.717, 1.165) is 11.3 Å². The van der Waals surface area contributed by atoms with Gasteiger partial charge >= 0.3 is 0 Å². The minimum Gasteiger partial charge on any atom is -0.392 e. The van der Waals surface area contributed by atoms with E-state index in [1.807, 2.05) is 0 Å². The van der Waals surface area contributed by atoms with Crippen LogP contribution in [-0.4, -0.2) is 47.0 Å². The van der Waals surface area contributed by atoms with Crippen molar-refractivity contribution in [1.82, 2.24) is 4.72 Å². The first kappa shape index (κ1) is 15.5. The van der Waals surface area contributed by atoms with Gasteiger partial charge in [-0.25, -0.2) is 13.1 Å². The summed E-state index contributed by atoms with van der Waals surface area (Å²) in [5, 5.41) is 10.5. The standard InChI is InChI=1S/C10H17NO5S2/c1-15-6-9(16-2)4-11-18(13,14)10-3-8(5-12)7-17-10/h3,7,9,11-12H,4-6H2,1-2H3. The zero-order valence-electron chi connectivity index (χ0n) is 10.3. The first-order valence-corrected chi connectivity index (χ1v) is 7.59. The molecule has 0 bridgehead atoms. The number of thiophene rings is 1. The highest BCUT2D eigenvalue weighted by Gasteiger charge is 2.18. The van der Waals surface area contributed by atoms with E-state index < -0.39 is 10.0 Å². The lowest BCUT2D eigenvalue weighted by molar-refractivity contribution is 0.0320. The SMILES string of the molecule is COCC(CNS(=O)(=O)c1cc(CO)cs1)OC. The fourth-order valence-electron chi connectivity index (χ4n) is 1.25. The van der Waals surface area contributed by atoms with Gasteiger partial charge < -0.3 is 14.6 Å². The first-order valence-electron chi connectivity index (χ1n) is 5.23. The largest absolute Gasteiger partial charge is 0.392 e. The van der Waals surface area contributed by atoms with Crippen molar-refractivity contribution in [1.29, 1.82) is 0 Å². The zero-order chi connectivity index (χ0) is 13.6. The second-order valence-corrected chi connectivity index (χ2v) is 6.50. The summed E-state index contributed by atoms with van der Waals surface area (Å²) in [5.74, 6) is 0. The van der Waals surface area contributed by atoms with Gasteiger partial charge in [-0.1, -0.05) is 0 Å². The molecule has 0 spiro atoms. The molecule has 0 fully saturated rings. The monoisotopic (exact) mass is 295 g/mol. The molecule has 1 heterocycles. The second kappa shape index (κ2) is 7.17. The Kier molecular flexibility index (Phi) is 6.19. The zero-order valence-corrected chi connectivity index (χ0v) is 11.9. The maximum Gasteiger partial charge on any atom is 0.250 e. The molecule has 1 unspecified atom stereocenters. The Balaban J connectivity index is 2.64. The predicted octanol–water partition coefficient (Wildman–Crippen LogP) is 0.180. The van der Waals surface area contributed by atoms with E-state index in [1.165, 1.54) is 20.3 Å². The molecular weight excluding hydrogens is 278 g/mol. The first-order chi connectivity index (χ1) is 8.53. The van der Waals surface area contributed by atoms with E-state index in [4.69, 9.17) is 14.6 Å². The van der Waals surface area contributed by atoms with Crippen LogP contribution in [0, 0.1) is 0 Å². The number of hydrogen-bond acceptors (Lipinski definition) is 6. The highest BCUT2D eigenvalue weighted by molar-refractivity contribution is 7.91. The summed E-state index contributed by atoms with van der Waals surface area (Å²) < 4.78 is 36.4. The molecule has 0 saturated heterocycles. The minimum atomic E-state index is -3.55. The Morgan fingerprint density at radius 3 is 2.72 bits per heavy atom. The number of methoxy groups -OCH3 is 2. The van der Waals surface area contributed by atoms with Crippen LogP contribution in [0.15, 0.2) is 15.7 Å². The average Bonchev–Trinajstić information content (AvgIpc) is 2.84. The van der Waals surface area contributed by atoms with Crippen molar-refractivity contribution in [3.63, 3.8) is 0 Å². The molecule has 0 aliphatic heterocycles. The van der Waals surface area contributed by atoms with E-state index in [2.05, 4.69) is 4.72 Å². The molecule has 8 heteroatoms. The molecule has 6 nitrogen and oxygen atoms in total. The van der Waals surface area contributed by atoms with Crippen molar-refractivity contribution >= 4 is 21.4 Å². The maximum atomic E-state index is 11.9. The summed E-state index contributed by atoms with van der Waals surface area (Å²) in [4.78, 5) is 0. The molecule has 0 aliphatic carbocycles. The van der Waals surface area contributed by atoms with Gasteiger partial charge in [0.2, 0.25) is 10.0 Å². The molecule has 18 heavy (non-hydrogen) atoms. The molecule has 0 radical (unpaired) electrons. The van der Waals surface area contributed by atoms with Crippen LogP contribution in [0.4, 0.5) is 0 Å². The number of ether oxygens (including phenoxy) is 2. The van der Waals surface area contributed by atoms with E-state index in [-0.39, 0.29) is 23.5 Å². The molecule has 2 N–H and O–H groups in total. The predicted molar refractivity (Wildman–Crippen MR) is 68.1 cm³/mol. The summed E-state index contributed by atoms with van der Waals surface area (Å²) in [5.41, 5.74) is 0.584. The van der Waals surface area contributed by atoms with Crippen molar-refractivity contribution in [2.24, 2.45) is 0 Å². The molecule has 1 atom stereocenters. The van der Waals surface area contributed by atoms with Gasteiger partial charge in [0.15, 0.2) is 0 Å². The third-order valence-corrected chi connectivity index (χ3v) is 5.18. The molecule has 104 valence electrons. The van der Waals surface area contributed by atoms with Gasteiger partial charge in [-0.05, 0) is 17.0 Å². The van der Waals surface area contributed by atoms with Gasteiger partial charge in [0.25, 0.3) is 0 Å². The fourth-order valence-corrected chi connectivity index (χ4v) is 3.56. The number of nitrogens with one attached hydrogen (secondary N) is 1. The van der Waals surface area contributed by atoms with E-state index in [1.54, 1.807) is 5.38 Å². The van der Waals surface area contributed by atoms with Crippen LogP contribution >= 0.6 is 11.3 Å². The van der Waals surface area contributed by atoms with Gasteiger partial charge in [-0.2, -0.15) is 0 Å². The highest BCUT2D eigenvalue weighted by atomic mass is 32.2. The molecule has 1 aromatic heterocycles. The normalized spacial score (nSPS) is 13.7.